The number of fused-ring (bicyclic) bond motifs is 2. The maximum absolute atomic E-state index is 12.9. The van der Waals surface area contributed by atoms with Gasteiger partial charge < -0.3 is 14.9 Å². The minimum Gasteiger partial charge on any atom is -0.507 e. The molecule has 0 fully saturated rings. The Morgan fingerprint density at radius 3 is 2.12 bits per heavy atom. The Kier molecular flexibility index (Phi) is 4.35. The minimum absolute atomic E-state index is 0.0975. The van der Waals surface area contributed by atoms with Gasteiger partial charge in [0.05, 0.1) is 38.8 Å². The molecule has 1 aliphatic rings. The number of hydrogen-bond acceptors (Lipinski definition) is 4. The molecule has 2 aromatic carbocycles. The van der Waals surface area contributed by atoms with Crippen LogP contribution in [0.2, 0.25) is 0 Å². The van der Waals surface area contributed by atoms with Crippen LogP contribution in [-0.2, 0) is 0 Å². The molecule has 0 spiro atoms. The van der Waals surface area contributed by atoms with Crippen molar-refractivity contribution in [1.29, 1.82) is 0 Å². The number of hydrogen-bond donors (Lipinski definition) is 2. The second-order valence-electron chi connectivity index (χ2n) is 7.38. The SMILES string of the molecule is C[N+](C)(C)CCCNc1ccc(O)c2c1C(=O)c1ccccc1C2=O. The van der Waals surface area contributed by atoms with Crippen molar-refractivity contribution < 1.29 is 19.2 Å². The first-order valence-corrected chi connectivity index (χ1v) is 8.38. The van der Waals surface area contributed by atoms with Crippen LogP contribution >= 0.6 is 0 Å². The molecule has 130 valence electrons. The van der Waals surface area contributed by atoms with Gasteiger partial charge in [-0.1, -0.05) is 24.3 Å². The average molecular weight is 339 g/mol. The molecule has 0 amide bonds. The summed E-state index contributed by atoms with van der Waals surface area (Å²) in [5, 5.41) is 13.4. The van der Waals surface area contributed by atoms with Crippen molar-refractivity contribution in [2.24, 2.45) is 0 Å². The number of nitrogens with zero attached hydrogens (tertiary/aromatic N) is 1. The average Bonchev–Trinajstić information content (AvgIpc) is 2.56. The van der Waals surface area contributed by atoms with Crippen LogP contribution in [0, 0.1) is 0 Å². The standard InChI is InChI=1S/C20H22N2O3/c1-22(2,3)12-6-11-21-15-9-10-16(23)18-17(15)19(24)13-7-4-5-8-14(13)20(18)25/h4-5,7-10H,6,11-12H2,1-3H3,(H-,21,23,24,25)/p+1. The second-order valence-corrected chi connectivity index (χ2v) is 7.38. The highest BCUT2D eigenvalue weighted by Crippen LogP contribution is 2.36. The van der Waals surface area contributed by atoms with Crippen molar-refractivity contribution in [2.75, 3.05) is 39.5 Å². The Morgan fingerprint density at radius 1 is 0.920 bits per heavy atom. The lowest BCUT2D eigenvalue weighted by molar-refractivity contribution is -0.870. The molecule has 0 unspecified atom stereocenters. The number of aromatic hydroxyl groups is 1. The van der Waals surface area contributed by atoms with E-state index in [1.165, 1.54) is 6.07 Å². The number of phenolic OH excluding ortho intramolecular Hbond substituents is 1. The number of benzene rings is 2. The van der Waals surface area contributed by atoms with Crippen molar-refractivity contribution in [2.45, 2.75) is 6.42 Å². The Bertz CT molecular complexity index is 851. The molecule has 0 aliphatic heterocycles. The predicted octanol–water partition coefficient (Wildman–Crippen LogP) is 2.68. The third kappa shape index (κ3) is 3.28. The molecule has 5 heteroatoms. The number of phenols is 1. The molecule has 3 rings (SSSR count). The third-order valence-corrected chi connectivity index (χ3v) is 4.37. The Labute approximate surface area is 147 Å². The van der Waals surface area contributed by atoms with E-state index in [0.29, 0.717) is 23.4 Å². The van der Waals surface area contributed by atoms with Crippen LogP contribution in [0.5, 0.6) is 5.75 Å². The van der Waals surface area contributed by atoms with Gasteiger partial charge in [0.25, 0.3) is 0 Å². The number of carbonyl (C=O) groups is 2. The largest absolute Gasteiger partial charge is 0.507 e. The molecule has 0 bridgehead atoms. The van der Waals surface area contributed by atoms with E-state index in [2.05, 4.69) is 26.5 Å². The molecule has 1 aliphatic carbocycles. The quantitative estimate of drug-likeness (QED) is 0.426. The zero-order chi connectivity index (χ0) is 18.2. The zero-order valence-corrected chi connectivity index (χ0v) is 14.8. The van der Waals surface area contributed by atoms with Crippen LogP contribution in [0.25, 0.3) is 0 Å². The summed E-state index contributed by atoms with van der Waals surface area (Å²) in [7, 11) is 6.38. The predicted molar refractivity (Wildman–Crippen MR) is 97.4 cm³/mol. The van der Waals surface area contributed by atoms with E-state index in [0.717, 1.165) is 17.4 Å². The number of quaternary nitrogens is 1. The second kappa shape index (κ2) is 6.33. The number of anilines is 1. The zero-order valence-electron chi connectivity index (χ0n) is 14.8. The van der Waals surface area contributed by atoms with Gasteiger partial charge >= 0.3 is 0 Å². The number of nitrogens with one attached hydrogen (secondary N) is 1. The van der Waals surface area contributed by atoms with Crippen molar-refractivity contribution >= 4 is 17.3 Å². The molecule has 0 saturated carbocycles. The fourth-order valence-corrected chi connectivity index (χ4v) is 3.13. The molecule has 2 aromatic rings. The Morgan fingerprint density at radius 2 is 1.52 bits per heavy atom. The van der Waals surface area contributed by atoms with Gasteiger partial charge in [-0.3, -0.25) is 9.59 Å². The molecule has 0 saturated heterocycles. The van der Waals surface area contributed by atoms with Gasteiger partial charge in [0.2, 0.25) is 0 Å². The van der Waals surface area contributed by atoms with E-state index in [9.17, 15) is 14.7 Å². The molecule has 5 nitrogen and oxygen atoms in total. The van der Waals surface area contributed by atoms with E-state index in [-0.39, 0.29) is 28.4 Å². The van der Waals surface area contributed by atoms with Gasteiger partial charge in [0.15, 0.2) is 11.6 Å². The molecule has 0 radical (unpaired) electrons. The lowest BCUT2D eigenvalue weighted by Crippen LogP contribution is -2.36. The van der Waals surface area contributed by atoms with Crippen molar-refractivity contribution in [3.05, 3.63) is 58.7 Å². The fourth-order valence-electron chi connectivity index (χ4n) is 3.13. The number of carbonyl (C=O) groups excluding carboxylic acids is 2. The molecule has 2 N–H and O–H groups in total. The van der Waals surface area contributed by atoms with E-state index in [1.54, 1.807) is 30.3 Å². The lowest BCUT2D eigenvalue weighted by Gasteiger charge is -2.24. The highest BCUT2D eigenvalue weighted by atomic mass is 16.3. The lowest BCUT2D eigenvalue weighted by atomic mass is 9.82. The summed E-state index contributed by atoms with van der Waals surface area (Å²) in [5.41, 5.74) is 1.70. The van der Waals surface area contributed by atoms with Crippen molar-refractivity contribution in [3.63, 3.8) is 0 Å². The van der Waals surface area contributed by atoms with Crippen LogP contribution in [-0.4, -0.2) is 55.4 Å². The smallest absolute Gasteiger partial charge is 0.198 e. The first-order valence-electron chi connectivity index (χ1n) is 8.38. The van der Waals surface area contributed by atoms with Crippen molar-refractivity contribution in [1.82, 2.24) is 0 Å². The van der Waals surface area contributed by atoms with Crippen LogP contribution in [0.4, 0.5) is 5.69 Å². The van der Waals surface area contributed by atoms with Crippen LogP contribution in [0.15, 0.2) is 36.4 Å². The number of ketones is 2. The summed E-state index contributed by atoms with van der Waals surface area (Å²) >= 11 is 0. The van der Waals surface area contributed by atoms with E-state index in [4.69, 9.17) is 0 Å². The molecular weight excluding hydrogens is 316 g/mol. The van der Waals surface area contributed by atoms with E-state index >= 15 is 0 Å². The van der Waals surface area contributed by atoms with Gasteiger partial charge in [-0.2, -0.15) is 0 Å². The first kappa shape index (κ1) is 17.2. The first-order chi connectivity index (χ1) is 11.8. The van der Waals surface area contributed by atoms with Crippen LogP contribution in [0.1, 0.15) is 38.3 Å². The molecular formula is C20H23N2O3+. The highest BCUT2D eigenvalue weighted by molar-refractivity contribution is 6.31. The fraction of sp³-hybridized carbons (Fsp3) is 0.300. The van der Waals surface area contributed by atoms with E-state index in [1.807, 2.05) is 0 Å². The monoisotopic (exact) mass is 339 g/mol. The topological polar surface area (TPSA) is 66.4 Å². The Balaban J connectivity index is 1.94. The molecule has 0 atom stereocenters. The van der Waals surface area contributed by atoms with E-state index < -0.39 is 0 Å². The summed E-state index contributed by atoms with van der Waals surface area (Å²) in [5.74, 6) is -0.687. The minimum atomic E-state index is -0.308. The van der Waals surface area contributed by atoms with Gasteiger partial charge in [0, 0.05) is 29.8 Å². The summed E-state index contributed by atoms with van der Waals surface area (Å²) in [6.45, 7) is 1.68. The highest BCUT2D eigenvalue weighted by Gasteiger charge is 2.33. The Hall–Kier alpha value is -2.66. The van der Waals surface area contributed by atoms with Crippen molar-refractivity contribution in [3.8, 4) is 5.75 Å². The van der Waals surface area contributed by atoms with Gasteiger partial charge in [-0.25, -0.2) is 0 Å². The molecule has 0 heterocycles. The molecule has 25 heavy (non-hydrogen) atoms. The maximum atomic E-state index is 12.9. The summed E-state index contributed by atoms with van der Waals surface area (Å²) in [6.07, 6.45) is 0.928. The van der Waals surface area contributed by atoms with Crippen LogP contribution in [0.3, 0.4) is 0 Å². The summed E-state index contributed by atoms with van der Waals surface area (Å²) in [4.78, 5) is 25.7. The third-order valence-electron chi connectivity index (χ3n) is 4.37. The van der Waals surface area contributed by atoms with Gasteiger partial charge in [0.1, 0.15) is 5.75 Å². The van der Waals surface area contributed by atoms with Gasteiger partial charge in [-0.15, -0.1) is 0 Å². The maximum Gasteiger partial charge on any atom is 0.198 e. The summed E-state index contributed by atoms with van der Waals surface area (Å²) < 4.78 is 0.861. The molecule has 0 aromatic heterocycles. The normalized spacial score (nSPS) is 13.4. The summed E-state index contributed by atoms with van der Waals surface area (Å²) in [6, 6.07) is 9.88. The number of rotatable bonds is 5. The van der Waals surface area contributed by atoms with Gasteiger partial charge in [-0.05, 0) is 12.1 Å². The van der Waals surface area contributed by atoms with Crippen LogP contribution < -0.4 is 5.32 Å².